The molecule has 0 spiro atoms. The van der Waals surface area contributed by atoms with Gasteiger partial charge in [-0.25, -0.2) is 9.98 Å². The SMILES string of the molecule is CCC(N=C=NC1CCCCC1)N(C)C. The van der Waals surface area contributed by atoms with Crippen LogP contribution < -0.4 is 0 Å². The Morgan fingerprint density at radius 2 is 1.93 bits per heavy atom. The summed E-state index contributed by atoms with van der Waals surface area (Å²) in [6.07, 6.45) is 7.71. The highest BCUT2D eigenvalue weighted by molar-refractivity contribution is 5.42. The first-order valence-corrected chi connectivity index (χ1v) is 6.05. The minimum Gasteiger partial charge on any atom is -0.287 e. The van der Waals surface area contributed by atoms with Gasteiger partial charge in [0.1, 0.15) is 6.17 Å². The average molecular weight is 209 g/mol. The number of nitrogens with zero attached hydrogens (tertiary/aromatic N) is 3. The van der Waals surface area contributed by atoms with Gasteiger partial charge in [0.05, 0.1) is 12.1 Å². The second-order valence-electron chi connectivity index (χ2n) is 4.50. The summed E-state index contributed by atoms with van der Waals surface area (Å²) >= 11 is 0. The van der Waals surface area contributed by atoms with Crippen molar-refractivity contribution in [3.8, 4) is 0 Å². The molecule has 0 saturated heterocycles. The molecule has 1 fully saturated rings. The van der Waals surface area contributed by atoms with Crippen molar-refractivity contribution in [2.24, 2.45) is 9.98 Å². The fraction of sp³-hybridized carbons (Fsp3) is 0.917. The monoisotopic (exact) mass is 209 g/mol. The van der Waals surface area contributed by atoms with Gasteiger partial charge in [-0.15, -0.1) is 0 Å². The van der Waals surface area contributed by atoms with Crippen molar-refractivity contribution < 1.29 is 0 Å². The van der Waals surface area contributed by atoms with E-state index in [2.05, 4.69) is 27.8 Å². The van der Waals surface area contributed by atoms with Crippen molar-refractivity contribution in [2.75, 3.05) is 14.1 Å². The van der Waals surface area contributed by atoms with Crippen molar-refractivity contribution in [1.82, 2.24) is 4.90 Å². The van der Waals surface area contributed by atoms with Crippen LogP contribution in [0.15, 0.2) is 9.98 Å². The number of aliphatic imine (C=N–C) groups is 2. The summed E-state index contributed by atoms with van der Waals surface area (Å²) in [5, 5.41) is 0. The van der Waals surface area contributed by atoms with Crippen molar-refractivity contribution in [3.05, 3.63) is 0 Å². The zero-order chi connectivity index (χ0) is 11.1. The van der Waals surface area contributed by atoms with E-state index >= 15 is 0 Å². The molecule has 1 unspecified atom stereocenters. The fourth-order valence-electron chi connectivity index (χ4n) is 1.96. The van der Waals surface area contributed by atoms with Crippen LogP contribution in [0.3, 0.4) is 0 Å². The van der Waals surface area contributed by atoms with Crippen LogP contribution in [-0.4, -0.2) is 37.2 Å². The summed E-state index contributed by atoms with van der Waals surface area (Å²) in [6.45, 7) is 2.14. The van der Waals surface area contributed by atoms with Crippen LogP contribution in [0.25, 0.3) is 0 Å². The van der Waals surface area contributed by atoms with Crippen LogP contribution in [0.5, 0.6) is 0 Å². The summed E-state index contributed by atoms with van der Waals surface area (Å²) in [6, 6.07) is 3.38. The molecular formula is C12H23N3. The first kappa shape index (κ1) is 12.4. The van der Waals surface area contributed by atoms with E-state index in [1.807, 2.05) is 14.1 Å². The highest BCUT2D eigenvalue weighted by Crippen LogP contribution is 2.19. The van der Waals surface area contributed by atoms with E-state index < -0.39 is 0 Å². The number of rotatable bonds is 4. The lowest BCUT2D eigenvalue weighted by Gasteiger charge is -2.17. The molecule has 0 N–H and O–H groups in total. The number of hydrogen-bond donors (Lipinski definition) is 0. The zero-order valence-electron chi connectivity index (χ0n) is 10.2. The van der Waals surface area contributed by atoms with Crippen molar-refractivity contribution in [3.63, 3.8) is 0 Å². The lowest BCUT2D eigenvalue weighted by molar-refractivity contribution is 0.296. The van der Waals surface area contributed by atoms with E-state index in [0.29, 0.717) is 6.04 Å². The molecular weight excluding hydrogens is 186 g/mol. The molecule has 0 aliphatic heterocycles. The van der Waals surface area contributed by atoms with Crippen LogP contribution in [-0.2, 0) is 0 Å². The zero-order valence-corrected chi connectivity index (χ0v) is 10.2. The first-order chi connectivity index (χ1) is 7.24. The lowest BCUT2D eigenvalue weighted by Crippen LogP contribution is -2.24. The summed E-state index contributed by atoms with van der Waals surface area (Å²) in [7, 11) is 4.08. The first-order valence-electron chi connectivity index (χ1n) is 6.05. The van der Waals surface area contributed by atoms with Gasteiger partial charge in [0.25, 0.3) is 0 Å². The molecule has 0 aromatic carbocycles. The van der Waals surface area contributed by atoms with Crippen LogP contribution in [0.4, 0.5) is 0 Å². The second-order valence-corrected chi connectivity index (χ2v) is 4.50. The van der Waals surface area contributed by atoms with Gasteiger partial charge >= 0.3 is 0 Å². The molecule has 1 saturated carbocycles. The highest BCUT2D eigenvalue weighted by atomic mass is 15.2. The van der Waals surface area contributed by atoms with E-state index in [1.165, 1.54) is 32.1 Å². The van der Waals surface area contributed by atoms with Gasteiger partial charge in [-0.1, -0.05) is 26.2 Å². The van der Waals surface area contributed by atoms with E-state index in [4.69, 9.17) is 0 Å². The second kappa shape index (κ2) is 6.76. The Bertz CT molecular complexity index is 223. The summed E-state index contributed by atoms with van der Waals surface area (Å²) in [5.41, 5.74) is 0. The van der Waals surface area contributed by atoms with E-state index in [-0.39, 0.29) is 6.17 Å². The van der Waals surface area contributed by atoms with Crippen LogP contribution in [0, 0.1) is 0 Å². The van der Waals surface area contributed by atoms with Gasteiger partial charge in [0.2, 0.25) is 0 Å². The molecule has 0 aromatic heterocycles. The molecule has 1 aliphatic carbocycles. The Morgan fingerprint density at radius 1 is 1.27 bits per heavy atom. The standard InChI is InChI=1S/C12H23N3/c1-4-12(15(2)3)14-10-13-11-8-6-5-7-9-11/h11-12H,4-9H2,1-3H3. The van der Waals surface area contributed by atoms with Gasteiger partial charge in [0.15, 0.2) is 0 Å². The fourth-order valence-corrected chi connectivity index (χ4v) is 1.96. The maximum absolute atomic E-state index is 4.41. The Balaban J connectivity index is 2.42. The van der Waals surface area contributed by atoms with Gasteiger partial charge in [-0.05, 0) is 33.4 Å². The summed E-state index contributed by atoms with van der Waals surface area (Å²) < 4.78 is 0. The Morgan fingerprint density at radius 3 is 2.47 bits per heavy atom. The summed E-state index contributed by atoms with van der Waals surface area (Å²) in [5.74, 6) is 0. The highest BCUT2D eigenvalue weighted by Gasteiger charge is 2.11. The maximum Gasteiger partial charge on any atom is 0.112 e. The molecule has 0 aromatic rings. The van der Waals surface area contributed by atoms with Gasteiger partial charge in [-0.2, -0.15) is 0 Å². The predicted molar refractivity (Wildman–Crippen MR) is 64.5 cm³/mol. The minimum absolute atomic E-state index is 0.234. The molecule has 3 nitrogen and oxygen atoms in total. The molecule has 1 atom stereocenters. The van der Waals surface area contributed by atoms with Crippen LogP contribution >= 0.6 is 0 Å². The Labute approximate surface area is 93.3 Å². The Kier molecular flexibility index (Phi) is 5.59. The minimum atomic E-state index is 0.234. The molecule has 0 bridgehead atoms. The van der Waals surface area contributed by atoms with Crippen molar-refractivity contribution in [1.29, 1.82) is 0 Å². The van der Waals surface area contributed by atoms with E-state index in [0.717, 1.165) is 6.42 Å². The van der Waals surface area contributed by atoms with E-state index in [9.17, 15) is 0 Å². The molecule has 15 heavy (non-hydrogen) atoms. The molecule has 0 heterocycles. The van der Waals surface area contributed by atoms with E-state index in [1.54, 1.807) is 0 Å². The normalized spacial score (nSPS) is 19.7. The third-order valence-electron chi connectivity index (χ3n) is 2.98. The van der Waals surface area contributed by atoms with Crippen LogP contribution in [0.2, 0.25) is 0 Å². The van der Waals surface area contributed by atoms with Gasteiger partial charge in [-0.3, -0.25) is 4.90 Å². The average Bonchev–Trinajstić information content (AvgIpc) is 2.25. The smallest absolute Gasteiger partial charge is 0.112 e. The molecule has 0 radical (unpaired) electrons. The topological polar surface area (TPSA) is 28.0 Å². The van der Waals surface area contributed by atoms with Gasteiger partial charge in [0, 0.05) is 0 Å². The molecule has 86 valence electrons. The largest absolute Gasteiger partial charge is 0.287 e. The third-order valence-corrected chi connectivity index (χ3v) is 2.98. The third kappa shape index (κ3) is 4.59. The lowest BCUT2D eigenvalue weighted by atomic mass is 9.96. The van der Waals surface area contributed by atoms with Crippen molar-refractivity contribution in [2.45, 2.75) is 57.7 Å². The maximum atomic E-state index is 4.41. The molecule has 0 amide bonds. The van der Waals surface area contributed by atoms with Gasteiger partial charge < -0.3 is 0 Å². The summed E-state index contributed by atoms with van der Waals surface area (Å²) in [4.78, 5) is 10.9. The predicted octanol–water partition coefficient (Wildman–Crippen LogP) is 2.79. The molecule has 3 heteroatoms. The molecule has 1 rings (SSSR count). The van der Waals surface area contributed by atoms with Crippen LogP contribution in [0.1, 0.15) is 45.4 Å². The Hall–Kier alpha value is -0.660. The molecule has 1 aliphatic rings. The quantitative estimate of drug-likeness (QED) is 0.654. The van der Waals surface area contributed by atoms with Crippen molar-refractivity contribution >= 4 is 6.01 Å². The number of hydrogen-bond acceptors (Lipinski definition) is 3.